The van der Waals surface area contributed by atoms with Gasteiger partial charge >= 0.3 is 5.97 Å². The van der Waals surface area contributed by atoms with Crippen LogP contribution in [0.15, 0.2) is 24.3 Å². The van der Waals surface area contributed by atoms with Crippen molar-refractivity contribution in [2.75, 3.05) is 29.7 Å². The van der Waals surface area contributed by atoms with Gasteiger partial charge in [0.1, 0.15) is 0 Å². The Bertz CT molecular complexity index is 791. The van der Waals surface area contributed by atoms with Crippen molar-refractivity contribution in [3.63, 3.8) is 0 Å². The van der Waals surface area contributed by atoms with Crippen molar-refractivity contribution < 1.29 is 23.1 Å². The van der Waals surface area contributed by atoms with Gasteiger partial charge in [0.2, 0.25) is 10.0 Å². The third kappa shape index (κ3) is 2.86. The minimum Gasteiger partial charge on any atom is -0.481 e. The molecule has 2 aliphatic rings. The maximum Gasteiger partial charge on any atom is 0.311 e. The van der Waals surface area contributed by atoms with E-state index in [4.69, 9.17) is 0 Å². The monoisotopic (exact) mass is 352 g/mol. The van der Waals surface area contributed by atoms with Gasteiger partial charge in [-0.1, -0.05) is 6.07 Å². The second-order valence-electron chi connectivity index (χ2n) is 6.63. The predicted octanol–water partition coefficient (Wildman–Crippen LogP) is 1.16. The lowest BCUT2D eigenvalue weighted by molar-refractivity contribution is -0.147. The zero-order valence-electron chi connectivity index (χ0n) is 13.4. The van der Waals surface area contributed by atoms with E-state index in [2.05, 4.69) is 0 Å². The number of aliphatic carboxylic acids is 1. The van der Waals surface area contributed by atoms with Gasteiger partial charge in [-0.05, 0) is 38.0 Å². The molecule has 1 amide bonds. The Balaban J connectivity index is 1.82. The highest BCUT2D eigenvalue weighted by Gasteiger charge is 2.42. The molecule has 7 nitrogen and oxygen atoms in total. The molecule has 1 atom stereocenters. The number of hydrogen-bond acceptors (Lipinski definition) is 4. The molecule has 2 saturated heterocycles. The first-order chi connectivity index (χ1) is 11.2. The summed E-state index contributed by atoms with van der Waals surface area (Å²) in [6, 6.07) is 6.53. The van der Waals surface area contributed by atoms with Crippen molar-refractivity contribution in [3.05, 3.63) is 29.8 Å². The number of rotatable bonds is 3. The maximum absolute atomic E-state index is 12.7. The summed E-state index contributed by atoms with van der Waals surface area (Å²) in [6.45, 7) is 2.60. The molecular weight excluding hydrogens is 332 g/mol. The Kier molecular flexibility index (Phi) is 4.03. The van der Waals surface area contributed by atoms with Crippen LogP contribution in [0.25, 0.3) is 0 Å². The van der Waals surface area contributed by atoms with Crippen molar-refractivity contribution in [2.45, 2.75) is 19.8 Å². The highest BCUT2D eigenvalue weighted by Crippen LogP contribution is 2.32. The number of carboxylic acid groups (broad SMARTS) is 1. The zero-order valence-corrected chi connectivity index (χ0v) is 14.3. The van der Waals surface area contributed by atoms with Crippen LogP contribution in [0.1, 0.15) is 30.1 Å². The summed E-state index contributed by atoms with van der Waals surface area (Å²) in [5.41, 5.74) is -0.0614. The molecule has 130 valence electrons. The Morgan fingerprint density at radius 1 is 1.25 bits per heavy atom. The molecule has 0 saturated carbocycles. The van der Waals surface area contributed by atoms with Crippen molar-refractivity contribution in [3.8, 4) is 0 Å². The van der Waals surface area contributed by atoms with E-state index in [0.29, 0.717) is 37.2 Å². The minimum absolute atomic E-state index is 0.119. The summed E-state index contributed by atoms with van der Waals surface area (Å²) in [6.07, 6.45) is 0.984. The molecule has 2 heterocycles. The fourth-order valence-corrected chi connectivity index (χ4v) is 4.77. The molecule has 1 aromatic carbocycles. The van der Waals surface area contributed by atoms with Gasteiger partial charge in [-0.3, -0.25) is 13.9 Å². The van der Waals surface area contributed by atoms with Crippen molar-refractivity contribution in [1.29, 1.82) is 0 Å². The number of hydrogen-bond donors (Lipinski definition) is 1. The van der Waals surface area contributed by atoms with Crippen molar-refractivity contribution in [1.82, 2.24) is 4.90 Å². The van der Waals surface area contributed by atoms with E-state index in [0.717, 1.165) is 0 Å². The lowest BCUT2D eigenvalue weighted by Gasteiger charge is -2.21. The molecule has 1 unspecified atom stereocenters. The van der Waals surface area contributed by atoms with E-state index >= 15 is 0 Å². The lowest BCUT2D eigenvalue weighted by atomic mass is 9.90. The van der Waals surface area contributed by atoms with Crippen LogP contribution >= 0.6 is 0 Å². The Morgan fingerprint density at radius 3 is 2.58 bits per heavy atom. The average molecular weight is 352 g/mol. The normalized spacial score (nSPS) is 25.9. The Morgan fingerprint density at radius 2 is 2.00 bits per heavy atom. The number of nitrogens with zero attached hydrogens (tertiary/aromatic N) is 2. The standard InChI is InChI=1S/C16H20N2O5S/c1-16(15(20)21)6-8-17(11-16)14(19)12-4-2-5-13(10-12)18-7-3-9-24(18,22)23/h2,4-5,10H,3,6-9,11H2,1H3,(H,20,21). The lowest BCUT2D eigenvalue weighted by Crippen LogP contribution is -2.35. The van der Waals surface area contributed by atoms with Gasteiger partial charge in [-0.25, -0.2) is 8.42 Å². The van der Waals surface area contributed by atoms with Crippen LogP contribution in [-0.4, -0.2) is 55.7 Å². The van der Waals surface area contributed by atoms with Crippen LogP contribution in [-0.2, 0) is 14.8 Å². The number of amides is 1. The molecular formula is C16H20N2O5S. The molecule has 0 aromatic heterocycles. The summed E-state index contributed by atoms with van der Waals surface area (Å²) < 4.78 is 25.4. The van der Waals surface area contributed by atoms with E-state index in [-0.39, 0.29) is 18.2 Å². The van der Waals surface area contributed by atoms with E-state index in [1.165, 1.54) is 9.21 Å². The smallest absolute Gasteiger partial charge is 0.311 e. The van der Waals surface area contributed by atoms with Gasteiger partial charge in [-0.15, -0.1) is 0 Å². The third-order valence-corrected chi connectivity index (χ3v) is 6.63. The molecule has 2 aliphatic heterocycles. The number of anilines is 1. The predicted molar refractivity (Wildman–Crippen MR) is 88.5 cm³/mol. The van der Waals surface area contributed by atoms with Crippen LogP contribution in [0.2, 0.25) is 0 Å². The first-order valence-electron chi connectivity index (χ1n) is 7.86. The number of likely N-dealkylation sites (tertiary alicyclic amines) is 1. The number of carboxylic acids is 1. The highest BCUT2D eigenvalue weighted by molar-refractivity contribution is 7.93. The van der Waals surface area contributed by atoms with E-state index in [1.807, 2.05) is 0 Å². The van der Waals surface area contributed by atoms with Crippen LogP contribution < -0.4 is 4.31 Å². The van der Waals surface area contributed by atoms with Gasteiger partial charge in [-0.2, -0.15) is 0 Å². The molecule has 3 rings (SSSR count). The molecule has 1 N–H and O–H groups in total. The van der Waals surface area contributed by atoms with Gasteiger partial charge in [0.15, 0.2) is 0 Å². The quantitative estimate of drug-likeness (QED) is 0.881. The van der Waals surface area contributed by atoms with Gasteiger partial charge in [0.25, 0.3) is 5.91 Å². The summed E-state index contributed by atoms with van der Waals surface area (Å²) in [5.74, 6) is -1.05. The van der Waals surface area contributed by atoms with Gasteiger partial charge < -0.3 is 10.0 Å². The Labute approximate surface area is 140 Å². The zero-order chi connectivity index (χ0) is 17.5. The minimum atomic E-state index is -3.30. The fraction of sp³-hybridized carbons (Fsp3) is 0.500. The van der Waals surface area contributed by atoms with Crippen LogP contribution in [0.3, 0.4) is 0 Å². The van der Waals surface area contributed by atoms with Gasteiger partial charge in [0, 0.05) is 25.2 Å². The fourth-order valence-electron chi connectivity index (χ4n) is 3.22. The number of sulfonamides is 1. The maximum atomic E-state index is 12.7. The summed E-state index contributed by atoms with van der Waals surface area (Å²) in [4.78, 5) is 25.5. The third-order valence-electron chi connectivity index (χ3n) is 4.76. The van der Waals surface area contributed by atoms with E-state index in [9.17, 15) is 23.1 Å². The highest BCUT2D eigenvalue weighted by atomic mass is 32.2. The van der Waals surface area contributed by atoms with Crippen LogP contribution in [0.4, 0.5) is 5.69 Å². The molecule has 8 heteroatoms. The molecule has 1 aromatic rings. The summed E-state index contributed by atoms with van der Waals surface area (Å²) in [5, 5.41) is 9.28. The SMILES string of the molecule is CC1(C(=O)O)CCN(C(=O)c2cccc(N3CCCS3(=O)=O)c2)C1. The molecule has 0 bridgehead atoms. The Hall–Kier alpha value is -2.09. The molecule has 24 heavy (non-hydrogen) atoms. The van der Waals surface area contributed by atoms with Crippen LogP contribution in [0.5, 0.6) is 0 Å². The van der Waals surface area contributed by atoms with Crippen molar-refractivity contribution >= 4 is 27.6 Å². The number of carbonyl (C=O) groups is 2. The first kappa shape index (κ1) is 16.8. The largest absolute Gasteiger partial charge is 0.481 e. The average Bonchev–Trinajstić information content (AvgIpc) is 3.10. The molecule has 0 aliphatic carbocycles. The van der Waals surface area contributed by atoms with Crippen LogP contribution in [0, 0.1) is 5.41 Å². The first-order valence-corrected chi connectivity index (χ1v) is 9.47. The molecule has 0 radical (unpaired) electrons. The topological polar surface area (TPSA) is 95.0 Å². The van der Waals surface area contributed by atoms with Gasteiger partial charge in [0.05, 0.1) is 16.9 Å². The summed E-state index contributed by atoms with van der Waals surface area (Å²) in [7, 11) is -3.30. The van der Waals surface area contributed by atoms with Crippen molar-refractivity contribution in [2.24, 2.45) is 5.41 Å². The van der Waals surface area contributed by atoms with E-state index in [1.54, 1.807) is 31.2 Å². The molecule has 2 fully saturated rings. The second kappa shape index (κ2) is 5.77. The second-order valence-corrected chi connectivity index (χ2v) is 8.65. The van der Waals surface area contributed by atoms with E-state index < -0.39 is 21.4 Å². The number of benzene rings is 1. The number of carbonyl (C=O) groups excluding carboxylic acids is 1. The summed E-state index contributed by atoms with van der Waals surface area (Å²) >= 11 is 0. The molecule has 0 spiro atoms.